The summed E-state index contributed by atoms with van der Waals surface area (Å²) in [7, 11) is -3.01. The summed E-state index contributed by atoms with van der Waals surface area (Å²) >= 11 is 0. The number of hydrogen-bond acceptors (Lipinski definition) is 8. The Morgan fingerprint density at radius 2 is 1.88 bits per heavy atom. The van der Waals surface area contributed by atoms with Crippen molar-refractivity contribution in [2.24, 2.45) is 7.05 Å². The Balaban J connectivity index is 1.88. The Kier molecular flexibility index (Phi) is 8.30. The molecule has 3 heterocycles. The second-order valence-electron chi connectivity index (χ2n) is 9.35. The van der Waals surface area contributed by atoms with Gasteiger partial charge >= 0.3 is 0 Å². The molecule has 206 valence electrons. The topological polar surface area (TPSA) is 148 Å². The summed E-state index contributed by atoms with van der Waals surface area (Å²) in [6.45, 7) is 3.82. The maximum absolute atomic E-state index is 13.7. The monoisotopic (exact) mass is 559 g/mol. The molecule has 1 N–H and O–H groups in total. The van der Waals surface area contributed by atoms with Gasteiger partial charge in [0.25, 0.3) is 11.1 Å². The minimum atomic E-state index is -4.61. The van der Waals surface area contributed by atoms with Crippen LogP contribution in [0.25, 0.3) is 11.1 Å². The van der Waals surface area contributed by atoms with Gasteiger partial charge in [0.2, 0.25) is 20.6 Å². The van der Waals surface area contributed by atoms with Crippen LogP contribution in [0.5, 0.6) is 5.88 Å². The number of aromatic hydroxyl groups is 1. The smallest absolute Gasteiger partial charge is 0.296 e. The maximum Gasteiger partial charge on any atom is 0.296 e. The highest BCUT2D eigenvalue weighted by atomic mass is 32.2. The molecule has 1 atom stereocenters. The minimum absolute atomic E-state index is 0.251. The Labute approximate surface area is 231 Å². The summed E-state index contributed by atoms with van der Waals surface area (Å²) in [6, 6.07) is 14.2. The lowest BCUT2D eigenvalue weighted by Gasteiger charge is -2.25. The number of unbranched alkanes of at least 4 members (excludes halogenated alkanes) is 1. The Bertz CT molecular complexity index is 1820. The number of benzene rings is 1. The molecule has 0 spiro atoms. The van der Waals surface area contributed by atoms with E-state index in [0.29, 0.717) is 41.5 Å². The van der Waals surface area contributed by atoms with E-state index in [1.165, 1.54) is 27.5 Å². The Morgan fingerprint density at radius 1 is 1.10 bits per heavy atom. The van der Waals surface area contributed by atoms with E-state index in [0.717, 1.165) is 6.42 Å². The predicted octanol–water partition coefficient (Wildman–Crippen LogP) is 3.76. The zero-order valence-corrected chi connectivity index (χ0v) is 23.2. The zero-order valence-electron chi connectivity index (χ0n) is 22.4. The molecule has 0 bridgehead atoms. The molecule has 4 aromatic rings. The molecule has 4 rings (SSSR count). The number of sulfone groups is 1. The fourth-order valence-corrected chi connectivity index (χ4v) is 5.89. The first-order valence-corrected chi connectivity index (χ1v) is 14.3. The van der Waals surface area contributed by atoms with Crippen molar-refractivity contribution >= 4 is 9.84 Å². The van der Waals surface area contributed by atoms with E-state index >= 15 is 0 Å². The molecule has 0 fully saturated rings. The number of nitrogens with zero attached hydrogens (tertiary/aromatic N) is 5. The molecule has 10 nitrogen and oxygen atoms in total. The van der Waals surface area contributed by atoms with Crippen LogP contribution in [0.4, 0.5) is 0 Å². The SMILES string of the molecule is CCCCc1nc(=O)c(S(=O)(=O)c2ccc(-c3cccn(C)c3=O)cn2)c(O)n1[C@@H](CC)c1cccc(C#N)c1. The second kappa shape index (κ2) is 11.7. The van der Waals surface area contributed by atoms with Crippen molar-refractivity contribution < 1.29 is 13.5 Å². The van der Waals surface area contributed by atoms with Crippen molar-refractivity contribution in [2.45, 2.75) is 55.5 Å². The van der Waals surface area contributed by atoms with Gasteiger partial charge in [-0.05, 0) is 54.8 Å². The lowest BCUT2D eigenvalue weighted by Crippen LogP contribution is -2.28. The summed E-state index contributed by atoms with van der Waals surface area (Å²) in [5, 5.41) is 20.4. The fraction of sp³-hybridized carbons (Fsp3) is 0.276. The van der Waals surface area contributed by atoms with Crippen molar-refractivity contribution in [3.8, 4) is 23.1 Å². The molecule has 0 amide bonds. The molecule has 0 unspecified atom stereocenters. The third-order valence-electron chi connectivity index (χ3n) is 6.70. The van der Waals surface area contributed by atoms with Crippen LogP contribution in [0.3, 0.4) is 0 Å². The average molecular weight is 560 g/mol. The van der Waals surface area contributed by atoms with Crippen LogP contribution in [-0.2, 0) is 23.3 Å². The molecule has 1 aromatic carbocycles. The summed E-state index contributed by atoms with van der Waals surface area (Å²) in [4.78, 5) is 32.9. The number of aryl methyl sites for hydroxylation is 2. The van der Waals surface area contributed by atoms with E-state index in [2.05, 4.69) is 16.0 Å². The van der Waals surface area contributed by atoms with Crippen LogP contribution in [0.1, 0.15) is 56.1 Å². The minimum Gasteiger partial charge on any atom is -0.493 e. The van der Waals surface area contributed by atoms with Crippen LogP contribution in [0.2, 0.25) is 0 Å². The number of aromatic nitrogens is 4. The third-order valence-corrected chi connectivity index (χ3v) is 8.39. The van der Waals surface area contributed by atoms with Crippen LogP contribution >= 0.6 is 0 Å². The Morgan fingerprint density at radius 3 is 2.52 bits per heavy atom. The van der Waals surface area contributed by atoms with E-state index in [1.807, 2.05) is 13.8 Å². The van der Waals surface area contributed by atoms with Crippen molar-refractivity contribution in [1.82, 2.24) is 19.1 Å². The van der Waals surface area contributed by atoms with Gasteiger partial charge < -0.3 is 9.67 Å². The highest BCUT2D eigenvalue weighted by Crippen LogP contribution is 2.33. The molecule has 0 aliphatic rings. The zero-order chi connectivity index (χ0) is 29.0. The largest absolute Gasteiger partial charge is 0.493 e. The van der Waals surface area contributed by atoms with Crippen molar-refractivity contribution in [3.63, 3.8) is 0 Å². The van der Waals surface area contributed by atoms with Gasteiger partial charge in [-0.2, -0.15) is 10.2 Å². The van der Waals surface area contributed by atoms with Crippen LogP contribution < -0.4 is 11.1 Å². The molecule has 0 radical (unpaired) electrons. The molecule has 11 heteroatoms. The third kappa shape index (κ3) is 5.31. The first-order valence-electron chi connectivity index (χ1n) is 12.9. The number of hydrogen-bond donors (Lipinski definition) is 1. The van der Waals surface area contributed by atoms with Crippen molar-refractivity contribution in [1.29, 1.82) is 5.26 Å². The summed E-state index contributed by atoms with van der Waals surface area (Å²) in [5.74, 6) is -0.483. The van der Waals surface area contributed by atoms with Gasteiger partial charge in [-0.15, -0.1) is 0 Å². The van der Waals surface area contributed by atoms with E-state index in [9.17, 15) is 28.4 Å². The van der Waals surface area contributed by atoms with Crippen LogP contribution in [0.15, 0.2) is 80.4 Å². The normalized spacial score (nSPS) is 12.2. The number of pyridine rings is 2. The summed E-state index contributed by atoms with van der Waals surface area (Å²) in [5.41, 5.74) is 0.444. The quantitative estimate of drug-likeness (QED) is 0.326. The lowest BCUT2D eigenvalue weighted by molar-refractivity contribution is 0.358. The first-order chi connectivity index (χ1) is 19.1. The van der Waals surface area contributed by atoms with E-state index < -0.39 is 37.2 Å². The van der Waals surface area contributed by atoms with Crippen LogP contribution in [-0.4, -0.2) is 32.6 Å². The molecule has 3 aromatic heterocycles. The maximum atomic E-state index is 13.7. The second-order valence-corrected chi connectivity index (χ2v) is 11.2. The molecule has 0 aliphatic heterocycles. The van der Waals surface area contributed by atoms with Gasteiger partial charge in [-0.1, -0.05) is 32.4 Å². The molecule has 40 heavy (non-hydrogen) atoms. The van der Waals surface area contributed by atoms with E-state index in [-0.39, 0.29) is 11.4 Å². The average Bonchev–Trinajstić information content (AvgIpc) is 2.95. The van der Waals surface area contributed by atoms with Gasteiger partial charge in [0.15, 0.2) is 5.03 Å². The van der Waals surface area contributed by atoms with Gasteiger partial charge in [0.1, 0.15) is 5.82 Å². The number of nitriles is 1. The first kappa shape index (κ1) is 28.4. The molecule has 0 aliphatic carbocycles. The standard InChI is InChI=1S/C29H29N5O5S/c1-4-6-12-24-32-27(35)26(29(37)34(24)23(5-2)20-10-7-9-19(16-20)17-30)40(38,39)25-14-13-21(18-31-25)22-11-8-15-33(3)28(22)36/h7-11,13-16,18,23,37H,4-6,12H2,1-3H3/t23-/m0/s1. The van der Waals surface area contributed by atoms with E-state index in [4.69, 9.17) is 0 Å². The van der Waals surface area contributed by atoms with Crippen molar-refractivity contribution in [3.05, 3.63) is 98.6 Å². The molecule has 0 saturated heterocycles. The molecular formula is C29H29N5O5S. The van der Waals surface area contributed by atoms with Crippen LogP contribution in [0, 0.1) is 11.3 Å². The highest BCUT2D eigenvalue weighted by molar-refractivity contribution is 7.91. The number of rotatable bonds is 9. The van der Waals surface area contributed by atoms with Gasteiger partial charge in [0, 0.05) is 37.0 Å². The lowest BCUT2D eigenvalue weighted by atomic mass is 10.0. The Hall–Kier alpha value is -4.56. The summed E-state index contributed by atoms with van der Waals surface area (Å²) in [6.07, 6.45) is 5.05. The highest BCUT2D eigenvalue weighted by Gasteiger charge is 2.32. The van der Waals surface area contributed by atoms with Crippen molar-refractivity contribution in [2.75, 3.05) is 0 Å². The molecule has 0 saturated carbocycles. The fourth-order valence-electron chi connectivity index (χ4n) is 4.63. The van der Waals surface area contributed by atoms with E-state index in [1.54, 1.807) is 49.6 Å². The molecular weight excluding hydrogens is 530 g/mol. The van der Waals surface area contributed by atoms with Gasteiger partial charge in [-0.3, -0.25) is 14.2 Å². The predicted molar refractivity (Wildman–Crippen MR) is 149 cm³/mol. The van der Waals surface area contributed by atoms with Gasteiger partial charge in [0.05, 0.1) is 17.7 Å². The van der Waals surface area contributed by atoms with Gasteiger partial charge in [-0.25, -0.2) is 13.4 Å². The summed E-state index contributed by atoms with van der Waals surface area (Å²) < 4.78 is 30.1.